The second-order valence-electron chi connectivity index (χ2n) is 3.81. The normalized spacial score (nSPS) is 35.9. The third kappa shape index (κ3) is 3.71. The number of hydrogen-bond donors (Lipinski definition) is 1. The van der Waals surface area contributed by atoms with Crippen LogP contribution in [0.1, 0.15) is 13.8 Å². The van der Waals surface area contributed by atoms with Gasteiger partial charge in [-0.05, 0) is 0 Å². The number of hydrogen-bond acceptors (Lipinski definition) is 6. The molecule has 1 aliphatic heterocycles. The number of alkyl halides is 2. The van der Waals surface area contributed by atoms with Gasteiger partial charge >= 0.3 is 11.9 Å². The average Bonchev–Trinajstić information content (AvgIpc) is 2.27. The molecule has 0 aromatic carbocycles. The van der Waals surface area contributed by atoms with E-state index in [0.29, 0.717) is 0 Å². The van der Waals surface area contributed by atoms with Crippen LogP contribution in [0.5, 0.6) is 0 Å². The first-order valence-electron chi connectivity index (χ1n) is 5.24. The Morgan fingerprint density at radius 1 is 1.22 bits per heavy atom. The zero-order chi connectivity index (χ0) is 13.9. The van der Waals surface area contributed by atoms with Gasteiger partial charge in [0.1, 0.15) is 5.38 Å². The first-order valence-corrected chi connectivity index (χ1v) is 6.22. The molecule has 0 aromatic heterocycles. The van der Waals surface area contributed by atoms with Crippen molar-refractivity contribution in [2.75, 3.05) is 5.88 Å². The minimum atomic E-state index is -1.45. The maximum absolute atomic E-state index is 11.0. The average molecular weight is 301 g/mol. The zero-order valence-corrected chi connectivity index (χ0v) is 11.4. The van der Waals surface area contributed by atoms with Crippen LogP contribution in [0.2, 0.25) is 0 Å². The Hall–Kier alpha value is -0.560. The molecule has 0 saturated carbocycles. The number of esters is 2. The smallest absolute Gasteiger partial charge is 0.303 e. The Morgan fingerprint density at radius 3 is 2.17 bits per heavy atom. The van der Waals surface area contributed by atoms with Gasteiger partial charge in [-0.15, -0.1) is 23.2 Å². The lowest BCUT2D eigenvalue weighted by Crippen LogP contribution is -2.58. The predicted octanol–water partition coefficient (Wildman–Crippen LogP) is 0.413. The number of aliphatic hydroxyl groups excluding tert-OH is 1. The summed E-state index contributed by atoms with van der Waals surface area (Å²) in [6, 6.07) is 0. The summed E-state index contributed by atoms with van der Waals surface area (Å²) in [5.74, 6) is -1.24. The van der Waals surface area contributed by atoms with Gasteiger partial charge in [0.25, 0.3) is 0 Å². The van der Waals surface area contributed by atoms with Gasteiger partial charge in [-0.2, -0.15) is 0 Å². The third-order valence-electron chi connectivity index (χ3n) is 2.34. The summed E-state index contributed by atoms with van der Waals surface area (Å²) in [6.07, 6.45) is -4.34. The number of halogens is 2. The number of carbonyl (C=O) groups excluding carboxylic acids is 2. The summed E-state index contributed by atoms with van der Waals surface area (Å²) in [7, 11) is 0. The lowest BCUT2D eigenvalue weighted by Gasteiger charge is -2.40. The van der Waals surface area contributed by atoms with Crippen LogP contribution in [0, 0.1) is 0 Å². The van der Waals surface area contributed by atoms with Gasteiger partial charge in [0.2, 0.25) is 0 Å². The van der Waals surface area contributed by atoms with Gasteiger partial charge in [0.15, 0.2) is 18.5 Å². The van der Waals surface area contributed by atoms with Crippen molar-refractivity contribution in [3.05, 3.63) is 0 Å². The Balaban J connectivity index is 2.89. The van der Waals surface area contributed by atoms with Gasteiger partial charge in [-0.25, -0.2) is 0 Å². The molecule has 5 atom stereocenters. The van der Waals surface area contributed by atoms with E-state index < -0.39 is 41.9 Å². The van der Waals surface area contributed by atoms with Crippen molar-refractivity contribution in [3.63, 3.8) is 0 Å². The van der Waals surface area contributed by atoms with Crippen molar-refractivity contribution < 1.29 is 28.9 Å². The Bertz CT molecular complexity index is 323. The quantitative estimate of drug-likeness (QED) is 0.601. The van der Waals surface area contributed by atoms with E-state index in [-0.39, 0.29) is 5.88 Å². The summed E-state index contributed by atoms with van der Waals surface area (Å²) in [4.78, 5) is 22.0. The van der Waals surface area contributed by atoms with E-state index in [2.05, 4.69) is 0 Å². The number of aliphatic hydroxyl groups is 1. The van der Waals surface area contributed by atoms with E-state index in [0.717, 1.165) is 6.92 Å². The monoisotopic (exact) mass is 300 g/mol. The van der Waals surface area contributed by atoms with Crippen LogP contribution in [0.25, 0.3) is 0 Å². The zero-order valence-electron chi connectivity index (χ0n) is 9.84. The molecule has 0 radical (unpaired) electrons. The second kappa shape index (κ2) is 6.56. The molecule has 0 aromatic rings. The van der Waals surface area contributed by atoms with E-state index in [1.165, 1.54) is 6.92 Å². The highest BCUT2D eigenvalue weighted by Crippen LogP contribution is 2.29. The predicted molar refractivity (Wildman–Crippen MR) is 62.3 cm³/mol. The van der Waals surface area contributed by atoms with Crippen molar-refractivity contribution >= 4 is 35.1 Å². The van der Waals surface area contributed by atoms with E-state index in [1.54, 1.807) is 0 Å². The molecule has 8 heteroatoms. The lowest BCUT2D eigenvalue weighted by atomic mass is 10.0. The molecule has 1 aliphatic rings. The first kappa shape index (κ1) is 15.5. The van der Waals surface area contributed by atoms with Gasteiger partial charge in [0, 0.05) is 13.8 Å². The maximum atomic E-state index is 11.0. The third-order valence-corrected chi connectivity index (χ3v) is 3.18. The van der Waals surface area contributed by atoms with Gasteiger partial charge in [0.05, 0.1) is 12.0 Å². The Labute approximate surface area is 114 Å². The molecule has 0 aliphatic carbocycles. The van der Waals surface area contributed by atoms with E-state index >= 15 is 0 Å². The fourth-order valence-corrected chi connectivity index (χ4v) is 2.35. The summed E-state index contributed by atoms with van der Waals surface area (Å²) in [5.41, 5.74) is 0. The molecule has 0 amide bonds. The number of rotatable bonds is 3. The molecule has 1 fully saturated rings. The standard InChI is InChI=1S/C10H14Cl2O6/c1-4(13)16-8-7(12)6(3-11)18-10(15)9(8)17-5(2)14/h6-10,15H,3H2,1-2H3/t6-,7+,8+,9-,10+/m1/s1. The van der Waals surface area contributed by atoms with Crippen molar-refractivity contribution in [2.24, 2.45) is 0 Å². The molecule has 1 rings (SSSR count). The van der Waals surface area contributed by atoms with Crippen LogP contribution in [-0.2, 0) is 23.8 Å². The first-order chi connectivity index (χ1) is 8.36. The molecular weight excluding hydrogens is 287 g/mol. The largest absolute Gasteiger partial charge is 0.457 e. The molecular formula is C10H14Cl2O6. The molecule has 18 heavy (non-hydrogen) atoms. The molecule has 6 nitrogen and oxygen atoms in total. The van der Waals surface area contributed by atoms with Crippen molar-refractivity contribution in [1.29, 1.82) is 0 Å². The van der Waals surface area contributed by atoms with Crippen molar-refractivity contribution in [2.45, 2.75) is 43.8 Å². The lowest BCUT2D eigenvalue weighted by molar-refractivity contribution is -0.253. The van der Waals surface area contributed by atoms with E-state index in [4.69, 9.17) is 37.4 Å². The van der Waals surface area contributed by atoms with Crippen molar-refractivity contribution in [1.82, 2.24) is 0 Å². The molecule has 1 saturated heterocycles. The van der Waals surface area contributed by atoms with Gasteiger partial charge < -0.3 is 19.3 Å². The van der Waals surface area contributed by atoms with Crippen LogP contribution in [0.3, 0.4) is 0 Å². The molecule has 1 heterocycles. The van der Waals surface area contributed by atoms with Crippen LogP contribution in [0.15, 0.2) is 0 Å². The van der Waals surface area contributed by atoms with Crippen LogP contribution < -0.4 is 0 Å². The number of ether oxygens (including phenoxy) is 3. The Kier molecular flexibility index (Phi) is 5.65. The second-order valence-corrected chi connectivity index (χ2v) is 4.62. The fourth-order valence-electron chi connectivity index (χ4n) is 1.65. The SMILES string of the molecule is CC(=O)O[C@@H]1[C@@H](OC(C)=O)[C@@H](Cl)[C@@H](CCl)O[C@@H]1O. The highest BCUT2D eigenvalue weighted by atomic mass is 35.5. The minimum Gasteiger partial charge on any atom is -0.457 e. The van der Waals surface area contributed by atoms with Crippen LogP contribution in [0.4, 0.5) is 0 Å². The van der Waals surface area contributed by atoms with Gasteiger partial charge in [-0.1, -0.05) is 0 Å². The molecule has 0 unspecified atom stereocenters. The van der Waals surface area contributed by atoms with E-state index in [1.807, 2.05) is 0 Å². The maximum Gasteiger partial charge on any atom is 0.303 e. The highest BCUT2D eigenvalue weighted by molar-refractivity contribution is 6.23. The summed E-state index contributed by atoms with van der Waals surface area (Å²) in [5, 5.41) is 8.89. The van der Waals surface area contributed by atoms with Crippen molar-refractivity contribution in [3.8, 4) is 0 Å². The summed E-state index contributed by atoms with van der Waals surface area (Å²) >= 11 is 11.7. The molecule has 0 spiro atoms. The minimum absolute atomic E-state index is 0.00971. The highest BCUT2D eigenvalue weighted by Gasteiger charge is 2.48. The topological polar surface area (TPSA) is 82.1 Å². The van der Waals surface area contributed by atoms with Crippen LogP contribution in [-0.4, -0.2) is 52.9 Å². The van der Waals surface area contributed by atoms with Gasteiger partial charge in [-0.3, -0.25) is 9.59 Å². The van der Waals surface area contributed by atoms with E-state index in [9.17, 15) is 14.7 Å². The molecule has 1 N–H and O–H groups in total. The summed E-state index contributed by atoms with van der Waals surface area (Å²) in [6.45, 7) is 2.35. The Morgan fingerprint density at radius 2 is 1.72 bits per heavy atom. The summed E-state index contributed by atoms with van der Waals surface area (Å²) < 4.78 is 14.9. The molecule has 0 bridgehead atoms. The molecule has 104 valence electrons. The fraction of sp³-hybridized carbons (Fsp3) is 0.800. The van der Waals surface area contributed by atoms with Crippen LogP contribution >= 0.6 is 23.2 Å². The number of carbonyl (C=O) groups is 2.